The Kier molecular flexibility index (Phi) is 6.31. The second-order valence-electron chi connectivity index (χ2n) is 6.43. The van der Waals surface area contributed by atoms with Crippen molar-refractivity contribution in [1.29, 1.82) is 0 Å². The Morgan fingerprint density at radius 2 is 1.88 bits per heavy atom. The minimum atomic E-state index is -0.0227. The highest BCUT2D eigenvalue weighted by atomic mass is 127. The van der Waals surface area contributed by atoms with Crippen LogP contribution < -0.4 is 10.6 Å². The van der Waals surface area contributed by atoms with Gasteiger partial charge < -0.3 is 15.5 Å². The van der Waals surface area contributed by atoms with Crippen LogP contribution in [0, 0.1) is 10.5 Å². The van der Waals surface area contributed by atoms with Crippen molar-refractivity contribution in [3.05, 3.63) is 57.2 Å². The van der Waals surface area contributed by atoms with E-state index < -0.39 is 0 Å². The summed E-state index contributed by atoms with van der Waals surface area (Å²) in [6.45, 7) is 6.00. The van der Waals surface area contributed by atoms with Crippen molar-refractivity contribution >= 4 is 39.9 Å². The molecule has 5 heteroatoms. The molecule has 0 bridgehead atoms. The molecule has 1 fully saturated rings. The molecule has 132 valence electrons. The smallest absolute Gasteiger partial charge is 0.253 e. The first-order chi connectivity index (χ1) is 12.1. The molecule has 4 nitrogen and oxygen atoms in total. The Hall–Kier alpha value is -1.60. The van der Waals surface area contributed by atoms with Gasteiger partial charge in [-0.15, -0.1) is 0 Å². The van der Waals surface area contributed by atoms with Crippen LogP contribution in [0.4, 0.5) is 11.4 Å². The van der Waals surface area contributed by atoms with Gasteiger partial charge in [0.05, 0.1) is 11.3 Å². The Morgan fingerprint density at radius 1 is 1.12 bits per heavy atom. The summed E-state index contributed by atoms with van der Waals surface area (Å²) in [5, 5.41) is 6.46. The molecule has 2 aromatic carbocycles. The van der Waals surface area contributed by atoms with Gasteiger partial charge in [0.2, 0.25) is 0 Å². The molecule has 1 heterocycles. The van der Waals surface area contributed by atoms with Crippen molar-refractivity contribution in [2.45, 2.75) is 19.8 Å². The van der Waals surface area contributed by atoms with Gasteiger partial charge in [0.15, 0.2) is 0 Å². The third kappa shape index (κ3) is 4.95. The quantitative estimate of drug-likeness (QED) is 0.651. The molecule has 0 aliphatic carbocycles. The van der Waals surface area contributed by atoms with E-state index in [0.717, 1.165) is 36.6 Å². The largest absolute Gasteiger partial charge is 0.355 e. The average molecular weight is 449 g/mol. The maximum Gasteiger partial charge on any atom is 0.253 e. The number of para-hydroxylation sites is 1. The van der Waals surface area contributed by atoms with Crippen LogP contribution in [0.15, 0.2) is 42.5 Å². The molecular weight excluding hydrogens is 425 g/mol. The lowest BCUT2D eigenvalue weighted by atomic mass is 10.1. The summed E-state index contributed by atoms with van der Waals surface area (Å²) in [6, 6.07) is 13.9. The monoisotopic (exact) mass is 449 g/mol. The fourth-order valence-corrected chi connectivity index (χ4v) is 3.78. The minimum absolute atomic E-state index is 0.0227. The fourth-order valence-electron chi connectivity index (χ4n) is 3.13. The van der Waals surface area contributed by atoms with Gasteiger partial charge in [-0.1, -0.05) is 12.1 Å². The van der Waals surface area contributed by atoms with E-state index in [1.165, 1.54) is 16.4 Å². The van der Waals surface area contributed by atoms with Gasteiger partial charge in [-0.2, -0.15) is 0 Å². The molecule has 1 amide bonds. The number of nitrogens with zero attached hydrogens (tertiary/aromatic N) is 1. The van der Waals surface area contributed by atoms with E-state index in [2.05, 4.69) is 63.2 Å². The molecular formula is C20H24IN3O. The van der Waals surface area contributed by atoms with Crippen molar-refractivity contribution in [3.63, 3.8) is 0 Å². The number of amides is 1. The van der Waals surface area contributed by atoms with E-state index in [9.17, 15) is 4.79 Å². The highest BCUT2D eigenvalue weighted by molar-refractivity contribution is 14.1. The molecule has 3 rings (SSSR count). The molecule has 0 unspecified atom stereocenters. The zero-order chi connectivity index (χ0) is 17.6. The molecule has 0 atom stereocenters. The molecule has 2 N–H and O–H groups in total. The van der Waals surface area contributed by atoms with Crippen molar-refractivity contribution in [1.82, 2.24) is 10.2 Å². The number of likely N-dealkylation sites (tertiary alicyclic amines) is 1. The van der Waals surface area contributed by atoms with E-state index in [4.69, 9.17) is 0 Å². The van der Waals surface area contributed by atoms with Crippen LogP contribution in [0.3, 0.4) is 0 Å². The molecule has 1 aliphatic rings. The standard InChI is InChI=1S/C20H24IN3O/c1-15-14-16(21)8-9-18(15)23-19-7-3-2-6-17(19)20(25)22-10-13-24-11-4-5-12-24/h2-3,6-9,14,23H,4-5,10-13H2,1H3,(H,22,25). The van der Waals surface area contributed by atoms with E-state index >= 15 is 0 Å². The number of rotatable bonds is 6. The van der Waals surface area contributed by atoms with Crippen LogP contribution in [0.5, 0.6) is 0 Å². The topological polar surface area (TPSA) is 44.4 Å². The molecule has 0 saturated carbocycles. The lowest BCUT2D eigenvalue weighted by Crippen LogP contribution is -2.33. The van der Waals surface area contributed by atoms with E-state index in [-0.39, 0.29) is 5.91 Å². The summed E-state index contributed by atoms with van der Waals surface area (Å²) in [6.07, 6.45) is 2.55. The molecule has 0 radical (unpaired) electrons. The normalized spacial score (nSPS) is 14.5. The number of hydrogen-bond acceptors (Lipinski definition) is 3. The average Bonchev–Trinajstić information content (AvgIpc) is 3.11. The van der Waals surface area contributed by atoms with Gasteiger partial charge >= 0.3 is 0 Å². The predicted molar refractivity (Wildman–Crippen MR) is 112 cm³/mol. The summed E-state index contributed by atoms with van der Waals surface area (Å²) in [7, 11) is 0. The minimum Gasteiger partial charge on any atom is -0.355 e. The van der Waals surface area contributed by atoms with Crippen LogP contribution in [0.2, 0.25) is 0 Å². The van der Waals surface area contributed by atoms with Crippen molar-refractivity contribution in [3.8, 4) is 0 Å². The third-order valence-electron chi connectivity index (χ3n) is 4.54. The Bertz CT molecular complexity index is 741. The number of carbonyl (C=O) groups excluding carboxylic acids is 1. The highest BCUT2D eigenvalue weighted by Gasteiger charge is 2.14. The van der Waals surface area contributed by atoms with Gasteiger partial charge in [0.1, 0.15) is 0 Å². The number of aryl methyl sites for hydroxylation is 1. The molecule has 25 heavy (non-hydrogen) atoms. The second kappa shape index (κ2) is 8.67. The third-order valence-corrected chi connectivity index (χ3v) is 5.21. The number of halogens is 1. The lowest BCUT2D eigenvalue weighted by Gasteiger charge is -2.16. The first-order valence-electron chi connectivity index (χ1n) is 8.76. The maximum absolute atomic E-state index is 12.6. The van der Waals surface area contributed by atoms with Crippen LogP contribution in [-0.4, -0.2) is 37.0 Å². The number of anilines is 2. The van der Waals surface area contributed by atoms with Crippen molar-refractivity contribution in [2.24, 2.45) is 0 Å². The lowest BCUT2D eigenvalue weighted by molar-refractivity contribution is 0.0950. The Balaban J connectivity index is 1.66. The molecule has 1 aliphatic heterocycles. The number of carbonyl (C=O) groups is 1. The predicted octanol–water partition coefficient (Wildman–Crippen LogP) is 4.17. The van der Waals surface area contributed by atoms with Gasteiger partial charge in [-0.25, -0.2) is 0 Å². The summed E-state index contributed by atoms with van der Waals surface area (Å²) in [4.78, 5) is 15.0. The van der Waals surface area contributed by atoms with Gasteiger partial charge in [-0.05, 0) is 91.3 Å². The van der Waals surface area contributed by atoms with Crippen LogP contribution in [0.25, 0.3) is 0 Å². The zero-order valence-corrected chi connectivity index (χ0v) is 16.7. The van der Waals surface area contributed by atoms with Crippen molar-refractivity contribution < 1.29 is 4.79 Å². The summed E-state index contributed by atoms with van der Waals surface area (Å²) >= 11 is 2.31. The second-order valence-corrected chi connectivity index (χ2v) is 7.68. The first kappa shape index (κ1) is 18.2. The van der Waals surface area contributed by atoms with Crippen molar-refractivity contribution in [2.75, 3.05) is 31.5 Å². The zero-order valence-electron chi connectivity index (χ0n) is 14.5. The van der Waals surface area contributed by atoms with E-state index in [1.54, 1.807) is 0 Å². The summed E-state index contributed by atoms with van der Waals surface area (Å²) in [5.74, 6) is -0.0227. The highest BCUT2D eigenvalue weighted by Crippen LogP contribution is 2.24. The van der Waals surface area contributed by atoms with Gasteiger partial charge in [0, 0.05) is 22.3 Å². The SMILES string of the molecule is Cc1cc(I)ccc1Nc1ccccc1C(=O)NCCN1CCCC1. The number of hydrogen-bond donors (Lipinski definition) is 2. The molecule has 0 aromatic heterocycles. The molecule has 2 aromatic rings. The Labute approximate surface area is 163 Å². The molecule has 0 spiro atoms. The van der Waals surface area contributed by atoms with Crippen LogP contribution >= 0.6 is 22.6 Å². The van der Waals surface area contributed by atoms with E-state index in [0.29, 0.717) is 12.1 Å². The Morgan fingerprint density at radius 3 is 2.64 bits per heavy atom. The van der Waals surface area contributed by atoms with Gasteiger partial charge in [-0.3, -0.25) is 4.79 Å². The molecule has 1 saturated heterocycles. The number of benzene rings is 2. The maximum atomic E-state index is 12.6. The van der Waals surface area contributed by atoms with Crippen LogP contribution in [0.1, 0.15) is 28.8 Å². The van der Waals surface area contributed by atoms with Gasteiger partial charge in [0.25, 0.3) is 5.91 Å². The number of nitrogens with one attached hydrogen (secondary N) is 2. The first-order valence-corrected chi connectivity index (χ1v) is 9.84. The van der Waals surface area contributed by atoms with E-state index in [1.807, 2.05) is 24.3 Å². The summed E-state index contributed by atoms with van der Waals surface area (Å²) in [5.41, 5.74) is 3.71. The van der Waals surface area contributed by atoms with Crippen LogP contribution in [-0.2, 0) is 0 Å². The fraction of sp³-hybridized carbons (Fsp3) is 0.350. The summed E-state index contributed by atoms with van der Waals surface area (Å²) < 4.78 is 1.20.